The predicted octanol–water partition coefficient (Wildman–Crippen LogP) is 2.88. The molecule has 0 heterocycles. The monoisotopic (exact) mass is 523 g/mol. The van der Waals surface area contributed by atoms with Crippen LogP contribution in [0.4, 0.5) is 0 Å². The van der Waals surface area contributed by atoms with E-state index in [1.165, 1.54) is 66.9 Å². The number of hydrogen-bond donors (Lipinski definition) is 2. The molecule has 2 rings (SSSR count). The Morgan fingerprint density at radius 3 is 1.53 bits per heavy atom. The predicted molar refractivity (Wildman–Crippen MR) is 132 cm³/mol. The number of carboxylic acids is 1. The van der Waals surface area contributed by atoms with E-state index in [0.29, 0.717) is 28.6 Å². The maximum absolute atomic E-state index is 12.8. The average Bonchev–Trinajstić information content (AvgIpc) is 2.89. The Balaban J connectivity index is 2.11. The first-order chi connectivity index (χ1) is 17.2. The summed E-state index contributed by atoms with van der Waals surface area (Å²) in [6, 6.07) is 4.61. The van der Waals surface area contributed by atoms with Gasteiger partial charge in [0, 0.05) is 16.9 Å². The second kappa shape index (κ2) is 13.3. The van der Waals surface area contributed by atoms with Crippen molar-refractivity contribution in [1.82, 2.24) is 5.32 Å². The Morgan fingerprint density at radius 1 is 0.750 bits per heavy atom. The number of benzene rings is 2. The molecule has 2 aromatic carbocycles. The molecule has 0 fully saturated rings. The maximum Gasteiger partial charge on any atom is 0.326 e. The van der Waals surface area contributed by atoms with E-state index in [9.17, 15) is 19.5 Å². The van der Waals surface area contributed by atoms with Gasteiger partial charge < -0.3 is 38.8 Å². The molecule has 1 amide bonds. The van der Waals surface area contributed by atoms with Crippen LogP contribution in [-0.2, 0) is 4.79 Å². The zero-order chi connectivity index (χ0) is 26.8. The normalized spacial score (nSPS) is 11.2. The lowest BCUT2D eigenvalue weighted by molar-refractivity contribution is -0.139. The summed E-state index contributed by atoms with van der Waals surface area (Å²) < 4.78 is 31.5. The van der Waals surface area contributed by atoms with Crippen molar-refractivity contribution in [2.24, 2.45) is 0 Å². The number of ether oxygens (including phenoxy) is 6. The Hall–Kier alpha value is -3.80. The smallest absolute Gasteiger partial charge is 0.326 e. The number of nitrogens with one attached hydrogen (secondary N) is 1. The van der Waals surface area contributed by atoms with Crippen molar-refractivity contribution >= 4 is 28.8 Å². The standard InChI is InChI=1S/C24H29NO10S/c1-30-16-9-13(10-17(31-2)20(16)34-5)22(26)25-15(23(27)28)7-8-36-24(29)14-11-18(32-3)21(35-6)19(12-14)33-4/h9-12,15H,7-8H2,1-6H3,(H,25,26)(H,27,28). The Bertz CT molecular complexity index is 1050. The lowest BCUT2D eigenvalue weighted by atomic mass is 10.1. The van der Waals surface area contributed by atoms with E-state index in [1.807, 2.05) is 0 Å². The highest BCUT2D eigenvalue weighted by molar-refractivity contribution is 8.14. The van der Waals surface area contributed by atoms with E-state index in [-0.39, 0.29) is 34.4 Å². The molecule has 2 aromatic rings. The second-order valence-corrected chi connectivity index (χ2v) is 8.18. The van der Waals surface area contributed by atoms with Crippen molar-refractivity contribution in [3.05, 3.63) is 35.4 Å². The third kappa shape index (κ3) is 6.66. The van der Waals surface area contributed by atoms with E-state index in [2.05, 4.69) is 5.32 Å². The van der Waals surface area contributed by atoms with Gasteiger partial charge >= 0.3 is 5.97 Å². The van der Waals surface area contributed by atoms with Gasteiger partial charge in [0.15, 0.2) is 23.0 Å². The molecule has 0 saturated carbocycles. The lowest BCUT2D eigenvalue weighted by Gasteiger charge is -2.17. The number of thioether (sulfide) groups is 1. The van der Waals surface area contributed by atoms with Crippen LogP contribution in [0.15, 0.2) is 24.3 Å². The van der Waals surface area contributed by atoms with E-state index in [1.54, 1.807) is 0 Å². The van der Waals surface area contributed by atoms with Crippen molar-refractivity contribution in [3.8, 4) is 34.5 Å². The van der Waals surface area contributed by atoms with Gasteiger partial charge in [-0.2, -0.15) is 0 Å². The summed E-state index contributed by atoms with van der Waals surface area (Å²) in [5.41, 5.74) is 0.416. The topological polar surface area (TPSA) is 139 Å². The van der Waals surface area contributed by atoms with Crippen molar-refractivity contribution in [2.45, 2.75) is 12.5 Å². The first kappa shape index (κ1) is 28.4. The SMILES string of the molecule is COc1cc(C(=O)NC(CCSC(=O)c2cc(OC)c(OC)c(OC)c2)C(=O)O)cc(OC)c1OC. The van der Waals surface area contributed by atoms with E-state index >= 15 is 0 Å². The molecular weight excluding hydrogens is 494 g/mol. The highest BCUT2D eigenvalue weighted by Crippen LogP contribution is 2.39. The fourth-order valence-corrected chi connectivity index (χ4v) is 4.09. The zero-order valence-corrected chi connectivity index (χ0v) is 21.6. The molecule has 0 aliphatic rings. The van der Waals surface area contributed by atoms with Crippen LogP contribution in [0.5, 0.6) is 34.5 Å². The average molecular weight is 524 g/mol. The molecule has 0 aliphatic heterocycles. The van der Waals surface area contributed by atoms with Gasteiger partial charge in [-0.15, -0.1) is 0 Å². The number of rotatable bonds is 13. The van der Waals surface area contributed by atoms with Crippen LogP contribution in [0.1, 0.15) is 27.1 Å². The minimum Gasteiger partial charge on any atom is -0.493 e. The van der Waals surface area contributed by atoms with Crippen molar-refractivity contribution in [2.75, 3.05) is 48.4 Å². The first-order valence-corrected chi connectivity index (χ1v) is 11.5. The molecule has 1 atom stereocenters. The van der Waals surface area contributed by atoms with Gasteiger partial charge in [-0.25, -0.2) is 4.79 Å². The van der Waals surface area contributed by atoms with Gasteiger partial charge in [0.1, 0.15) is 6.04 Å². The lowest BCUT2D eigenvalue weighted by Crippen LogP contribution is -2.41. The first-order valence-electron chi connectivity index (χ1n) is 10.5. The number of carboxylic acid groups (broad SMARTS) is 1. The van der Waals surface area contributed by atoms with Gasteiger partial charge in [-0.05, 0) is 30.7 Å². The third-order valence-electron chi connectivity index (χ3n) is 5.07. The summed E-state index contributed by atoms with van der Waals surface area (Å²) in [5, 5.41) is 11.7. The number of carbonyl (C=O) groups is 3. The van der Waals surface area contributed by atoms with Crippen LogP contribution in [0.2, 0.25) is 0 Å². The van der Waals surface area contributed by atoms with Crippen molar-refractivity contribution in [3.63, 3.8) is 0 Å². The van der Waals surface area contributed by atoms with E-state index < -0.39 is 17.9 Å². The van der Waals surface area contributed by atoms with Crippen molar-refractivity contribution < 1.29 is 47.9 Å². The molecule has 0 radical (unpaired) electrons. The van der Waals surface area contributed by atoms with Crippen LogP contribution < -0.4 is 33.7 Å². The van der Waals surface area contributed by atoms with E-state index in [0.717, 1.165) is 11.8 Å². The minimum atomic E-state index is -1.24. The molecule has 12 heteroatoms. The molecule has 0 saturated heterocycles. The van der Waals surface area contributed by atoms with Gasteiger partial charge in [0.2, 0.25) is 16.6 Å². The summed E-state index contributed by atoms with van der Waals surface area (Å²) in [5.74, 6) is 0.0285. The van der Waals surface area contributed by atoms with Crippen molar-refractivity contribution in [1.29, 1.82) is 0 Å². The van der Waals surface area contributed by atoms with Crippen LogP contribution in [0.25, 0.3) is 0 Å². The molecule has 0 bridgehead atoms. The number of methoxy groups -OCH3 is 6. The molecular formula is C24H29NO10S. The number of amides is 1. The summed E-state index contributed by atoms with van der Waals surface area (Å²) in [6.45, 7) is 0. The quantitative estimate of drug-likeness (QED) is 0.401. The fourth-order valence-electron chi connectivity index (χ4n) is 3.26. The van der Waals surface area contributed by atoms with Gasteiger partial charge in [0.25, 0.3) is 5.91 Å². The van der Waals surface area contributed by atoms with Gasteiger partial charge in [-0.3, -0.25) is 9.59 Å². The number of aliphatic carboxylic acids is 1. The summed E-state index contributed by atoms with van der Waals surface area (Å²) in [4.78, 5) is 37.3. The summed E-state index contributed by atoms with van der Waals surface area (Å²) in [7, 11) is 8.56. The molecule has 196 valence electrons. The Morgan fingerprint density at radius 2 is 1.17 bits per heavy atom. The van der Waals surface area contributed by atoms with Gasteiger partial charge in [0.05, 0.1) is 42.7 Å². The van der Waals surface area contributed by atoms with Crippen LogP contribution in [0, 0.1) is 0 Å². The Kier molecular flexibility index (Phi) is 10.5. The molecule has 36 heavy (non-hydrogen) atoms. The summed E-state index contributed by atoms with van der Waals surface area (Å²) >= 11 is 0.905. The fraction of sp³-hybridized carbons (Fsp3) is 0.375. The molecule has 0 aliphatic carbocycles. The third-order valence-corrected chi connectivity index (χ3v) is 6.01. The number of hydrogen-bond acceptors (Lipinski definition) is 10. The molecule has 2 N–H and O–H groups in total. The summed E-state index contributed by atoms with van der Waals surface area (Å²) in [6.07, 6.45) is -0.00761. The highest BCUT2D eigenvalue weighted by atomic mass is 32.2. The van der Waals surface area contributed by atoms with Crippen LogP contribution in [0.3, 0.4) is 0 Å². The van der Waals surface area contributed by atoms with Crippen LogP contribution >= 0.6 is 11.8 Å². The Labute approximate surface area is 213 Å². The largest absolute Gasteiger partial charge is 0.493 e. The second-order valence-electron chi connectivity index (χ2n) is 7.12. The van der Waals surface area contributed by atoms with E-state index in [4.69, 9.17) is 28.4 Å². The maximum atomic E-state index is 12.8. The minimum absolute atomic E-state index is 0.00761. The molecule has 0 aromatic heterocycles. The highest BCUT2D eigenvalue weighted by Gasteiger charge is 2.24. The zero-order valence-electron chi connectivity index (χ0n) is 20.8. The number of carbonyl (C=O) groups excluding carboxylic acids is 2. The van der Waals surface area contributed by atoms with Crippen LogP contribution in [-0.4, -0.2) is 76.6 Å². The molecule has 1 unspecified atom stereocenters. The molecule has 0 spiro atoms. The molecule has 11 nitrogen and oxygen atoms in total. The van der Waals surface area contributed by atoms with Gasteiger partial charge in [-0.1, -0.05) is 11.8 Å².